The zero-order valence-corrected chi connectivity index (χ0v) is 14.1. The number of amides is 1. The molecule has 0 saturated heterocycles. The highest BCUT2D eigenvalue weighted by atomic mass is 79.9. The third-order valence-corrected chi connectivity index (χ3v) is 4.44. The molecule has 1 aliphatic heterocycles. The molecule has 0 fully saturated rings. The maximum atomic E-state index is 12.2. The van der Waals surface area contributed by atoms with E-state index < -0.39 is 0 Å². The van der Waals surface area contributed by atoms with Gasteiger partial charge in [0.2, 0.25) is 0 Å². The molecule has 3 nitrogen and oxygen atoms in total. The highest BCUT2D eigenvalue weighted by Gasteiger charge is 2.23. The average Bonchev–Trinajstić information content (AvgIpc) is 2.53. The number of halogens is 1. The third kappa shape index (κ3) is 3.33. The molecule has 0 saturated carbocycles. The molecule has 2 aromatic rings. The summed E-state index contributed by atoms with van der Waals surface area (Å²) in [5.74, 6) is 0. The molecule has 0 radical (unpaired) electrons. The summed E-state index contributed by atoms with van der Waals surface area (Å²) in [5, 5.41) is 0. The summed E-state index contributed by atoms with van der Waals surface area (Å²) >= 11 is 3.52. The van der Waals surface area contributed by atoms with Crippen molar-refractivity contribution in [1.82, 2.24) is 4.90 Å². The van der Waals surface area contributed by atoms with Gasteiger partial charge in [0.25, 0.3) is 0 Å². The minimum absolute atomic E-state index is 0.243. The van der Waals surface area contributed by atoms with Crippen LogP contribution in [0, 0.1) is 6.92 Å². The molecule has 1 amide bonds. The van der Waals surface area contributed by atoms with Crippen molar-refractivity contribution in [2.24, 2.45) is 0 Å². The van der Waals surface area contributed by atoms with Gasteiger partial charge in [0, 0.05) is 17.6 Å². The topological polar surface area (TPSA) is 29.5 Å². The Morgan fingerprint density at radius 3 is 2.82 bits per heavy atom. The lowest BCUT2D eigenvalue weighted by atomic mass is 9.95. The SMILES string of the molecule is Cc1cc(Br)cc2c1CCN(C(=O)OCc1ccccc1)C2. The Balaban J connectivity index is 1.65. The minimum Gasteiger partial charge on any atom is -0.445 e. The van der Waals surface area contributed by atoms with Gasteiger partial charge in [-0.15, -0.1) is 0 Å². The van der Waals surface area contributed by atoms with Gasteiger partial charge in [0.1, 0.15) is 6.61 Å². The van der Waals surface area contributed by atoms with Crippen LogP contribution in [0.3, 0.4) is 0 Å². The maximum absolute atomic E-state index is 12.2. The van der Waals surface area contributed by atoms with Gasteiger partial charge in [0.05, 0.1) is 0 Å². The molecule has 1 heterocycles. The van der Waals surface area contributed by atoms with Crippen LogP contribution in [-0.4, -0.2) is 17.5 Å². The molecule has 0 aliphatic carbocycles. The number of carbonyl (C=O) groups excluding carboxylic acids is 1. The van der Waals surface area contributed by atoms with Crippen LogP contribution in [0.15, 0.2) is 46.9 Å². The molecule has 1 aliphatic rings. The number of aryl methyl sites for hydroxylation is 1. The second-order valence-corrected chi connectivity index (χ2v) is 6.49. The predicted molar refractivity (Wildman–Crippen MR) is 89.6 cm³/mol. The van der Waals surface area contributed by atoms with Crippen LogP contribution in [0.25, 0.3) is 0 Å². The van der Waals surface area contributed by atoms with Gasteiger partial charge >= 0.3 is 6.09 Å². The number of hydrogen-bond acceptors (Lipinski definition) is 2. The molecular formula is C18H18BrNO2. The molecule has 0 N–H and O–H groups in total. The second-order valence-electron chi connectivity index (χ2n) is 5.57. The number of nitrogens with zero attached hydrogens (tertiary/aromatic N) is 1. The number of carbonyl (C=O) groups is 1. The average molecular weight is 360 g/mol. The summed E-state index contributed by atoms with van der Waals surface area (Å²) in [6.45, 7) is 3.76. The van der Waals surface area contributed by atoms with E-state index >= 15 is 0 Å². The molecule has 0 aromatic heterocycles. The van der Waals surface area contributed by atoms with E-state index in [2.05, 4.69) is 35.0 Å². The lowest BCUT2D eigenvalue weighted by molar-refractivity contribution is 0.0918. The van der Waals surface area contributed by atoms with Crippen molar-refractivity contribution in [3.8, 4) is 0 Å². The fourth-order valence-electron chi connectivity index (χ4n) is 2.84. The summed E-state index contributed by atoms with van der Waals surface area (Å²) in [4.78, 5) is 14.0. The van der Waals surface area contributed by atoms with E-state index in [-0.39, 0.29) is 6.09 Å². The molecule has 2 aromatic carbocycles. The molecule has 0 spiro atoms. The van der Waals surface area contributed by atoms with E-state index in [4.69, 9.17) is 4.74 Å². The summed E-state index contributed by atoms with van der Waals surface area (Å²) < 4.78 is 6.48. The van der Waals surface area contributed by atoms with Gasteiger partial charge in [0.15, 0.2) is 0 Å². The lowest BCUT2D eigenvalue weighted by Crippen LogP contribution is -2.36. The molecule has 3 rings (SSSR count). The fraction of sp³-hybridized carbons (Fsp3) is 0.278. The van der Waals surface area contributed by atoms with Crippen molar-refractivity contribution in [2.45, 2.75) is 26.5 Å². The normalized spacial score (nSPS) is 13.6. The van der Waals surface area contributed by atoms with Crippen LogP contribution in [0.2, 0.25) is 0 Å². The molecule has 0 bridgehead atoms. The first-order valence-corrected chi connectivity index (χ1v) is 8.16. The van der Waals surface area contributed by atoms with Crippen LogP contribution in [0.1, 0.15) is 22.3 Å². The Bertz CT molecular complexity index is 685. The van der Waals surface area contributed by atoms with Crippen LogP contribution >= 0.6 is 15.9 Å². The van der Waals surface area contributed by atoms with Crippen LogP contribution in [-0.2, 0) is 24.3 Å². The van der Waals surface area contributed by atoms with Gasteiger partial charge < -0.3 is 9.64 Å². The highest BCUT2D eigenvalue weighted by Crippen LogP contribution is 2.26. The smallest absolute Gasteiger partial charge is 0.410 e. The Morgan fingerprint density at radius 2 is 2.05 bits per heavy atom. The number of hydrogen-bond donors (Lipinski definition) is 0. The van der Waals surface area contributed by atoms with Gasteiger partial charge in [-0.3, -0.25) is 0 Å². The van der Waals surface area contributed by atoms with Crippen molar-refractivity contribution in [3.05, 3.63) is 69.2 Å². The van der Waals surface area contributed by atoms with Crippen molar-refractivity contribution < 1.29 is 9.53 Å². The first-order valence-electron chi connectivity index (χ1n) is 7.37. The standard InChI is InChI=1S/C18H18BrNO2/c1-13-9-16(19)10-15-11-20(8-7-17(13)15)18(21)22-12-14-5-3-2-4-6-14/h2-6,9-10H,7-8,11-12H2,1H3. The van der Waals surface area contributed by atoms with E-state index in [9.17, 15) is 4.79 Å². The maximum Gasteiger partial charge on any atom is 0.410 e. The van der Waals surface area contributed by atoms with Crippen LogP contribution in [0.4, 0.5) is 4.79 Å². The van der Waals surface area contributed by atoms with Crippen LogP contribution in [0.5, 0.6) is 0 Å². The molecule has 0 unspecified atom stereocenters. The van der Waals surface area contributed by atoms with Gasteiger partial charge in [-0.2, -0.15) is 0 Å². The highest BCUT2D eigenvalue weighted by molar-refractivity contribution is 9.10. The Kier molecular flexibility index (Phi) is 4.48. The molecule has 22 heavy (non-hydrogen) atoms. The Hall–Kier alpha value is -1.81. The number of fused-ring (bicyclic) bond motifs is 1. The predicted octanol–water partition coefficient (Wildman–Crippen LogP) is 4.45. The van der Waals surface area contributed by atoms with Crippen LogP contribution < -0.4 is 0 Å². The first-order chi connectivity index (χ1) is 10.6. The monoisotopic (exact) mass is 359 g/mol. The molecule has 0 atom stereocenters. The van der Waals surface area contributed by atoms with Gasteiger partial charge in [-0.25, -0.2) is 4.79 Å². The molecule has 4 heteroatoms. The fourth-order valence-corrected chi connectivity index (χ4v) is 3.46. The molecule has 114 valence electrons. The van der Waals surface area contributed by atoms with Crippen molar-refractivity contribution in [3.63, 3.8) is 0 Å². The van der Waals surface area contributed by atoms with Gasteiger partial charge in [-0.1, -0.05) is 46.3 Å². The van der Waals surface area contributed by atoms with Crippen molar-refractivity contribution in [2.75, 3.05) is 6.54 Å². The first kappa shape index (κ1) is 15.1. The third-order valence-electron chi connectivity index (χ3n) is 3.99. The largest absolute Gasteiger partial charge is 0.445 e. The summed E-state index contributed by atoms with van der Waals surface area (Å²) in [7, 11) is 0. The van der Waals surface area contributed by atoms with E-state index in [1.54, 1.807) is 4.90 Å². The summed E-state index contributed by atoms with van der Waals surface area (Å²) in [6.07, 6.45) is 0.640. The zero-order chi connectivity index (χ0) is 15.5. The van der Waals surface area contributed by atoms with E-state index in [1.165, 1.54) is 16.7 Å². The van der Waals surface area contributed by atoms with Crippen molar-refractivity contribution >= 4 is 22.0 Å². The Morgan fingerprint density at radius 1 is 1.27 bits per heavy atom. The van der Waals surface area contributed by atoms with Gasteiger partial charge in [-0.05, 0) is 47.7 Å². The Labute approximate surface area is 139 Å². The van der Waals surface area contributed by atoms with E-state index in [1.807, 2.05) is 30.3 Å². The van der Waals surface area contributed by atoms with Crippen molar-refractivity contribution in [1.29, 1.82) is 0 Å². The summed E-state index contributed by atoms with van der Waals surface area (Å²) in [5.41, 5.74) is 4.85. The second kappa shape index (κ2) is 6.53. The summed E-state index contributed by atoms with van der Waals surface area (Å²) in [6, 6.07) is 14.0. The number of benzene rings is 2. The minimum atomic E-state index is -0.243. The number of rotatable bonds is 2. The number of ether oxygens (including phenoxy) is 1. The quantitative estimate of drug-likeness (QED) is 0.792. The molecular weight excluding hydrogens is 342 g/mol. The zero-order valence-electron chi connectivity index (χ0n) is 12.5. The lowest BCUT2D eigenvalue weighted by Gasteiger charge is -2.29. The van der Waals surface area contributed by atoms with E-state index in [0.29, 0.717) is 19.7 Å². The van der Waals surface area contributed by atoms with E-state index in [0.717, 1.165) is 16.5 Å².